The van der Waals surface area contributed by atoms with Crippen molar-refractivity contribution in [1.29, 1.82) is 0 Å². The summed E-state index contributed by atoms with van der Waals surface area (Å²) in [5.41, 5.74) is 6.82. The van der Waals surface area contributed by atoms with E-state index in [1.807, 2.05) is 0 Å². The fourth-order valence-electron chi connectivity index (χ4n) is 4.55. The van der Waals surface area contributed by atoms with Crippen molar-refractivity contribution in [3.05, 3.63) is 43.4 Å². The second-order valence-corrected chi connectivity index (χ2v) is 8.38. The van der Waals surface area contributed by atoms with Crippen LogP contribution in [0.4, 0.5) is 0 Å². The van der Waals surface area contributed by atoms with E-state index < -0.39 is 0 Å². The van der Waals surface area contributed by atoms with Crippen molar-refractivity contribution in [3.8, 4) is 0 Å². The monoisotopic (exact) mass is 367 g/mol. The van der Waals surface area contributed by atoms with Crippen molar-refractivity contribution >= 4 is 11.6 Å². The number of nitrogens with one attached hydrogen (secondary N) is 3. The Kier molecular flexibility index (Phi) is 4.32. The fourth-order valence-corrected chi connectivity index (χ4v) is 4.55. The third-order valence-corrected chi connectivity index (χ3v) is 6.38. The van der Waals surface area contributed by atoms with Crippen LogP contribution in [-0.4, -0.2) is 58.2 Å². The van der Waals surface area contributed by atoms with Crippen molar-refractivity contribution in [2.24, 2.45) is 0 Å². The van der Waals surface area contributed by atoms with Gasteiger partial charge in [0.15, 0.2) is 0 Å². The van der Waals surface area contributed by atoms with E-state index in [4.69, 9.17) is 0 Å². The van der Waals surface area contributed by atoms with Gasteiger partial charge in [-0.15, -0.1) is 0 Å². The minimum absolute atomic E-state index is 0.0116. The molecule has 5 rings (SSSR count). The van der Waals surface area contributed by atoms with Gasteiger partial charge < -0.3 is 9.88 Å². The molecule has 0 aromatic carbocycles. The average Bonchev–Trinajstić information content (AvgIpc) is 3.38. The molecule has 0 amide bonds. The number of likely N-dealkylation sites (N-methyl/N-ethyl adjacent to an activating group) is 1. The highest BCUT2D eigenvalue weighted by Gasteiger charge is 2.23. The zero-order valence-electron chi connectivity index (χ0n) is 16.2. The Hall–Kier alpha value is -2.05. The molecule has 2 fully saturated rings. The number of hydrogen-bond acceptors (Lipinski definition) is 3. The first-order valence-electron chi connectivity index (χ1n) is 10.3. The molecule has 0 atom stereocenters. The van der Waals surface area contributed by atoms with Crippen LogP contribution in [0.25, 0.3) is 11.6 Å². The second kappa shape index (κ2) is 6.84. The van der Waals surface area contributed by atoms with E-state index >= 15 is 0 Å². The first kappa shape index (κ1) is 17.1. The van der Waals surface area contributed by atoms with Gasteiger partial charge in [-0.25, -0.2) is 0 Å². The van der Waals surface area contributed by atoms with E-state index in [0.29, 0.717) is 0 Å². The summed E-state index contributed by atoms with van der Waals surface area (Å²) in [7, 11) is 2.20. The second-order valence-electron chi connectivity index (χ2n) is 8.38. The molecule has 2 aromatic rings. The summed E-state index contributed by atoms with van der Waals surface area (Å²) in [5, 5.41) is 7.68. The van der Waals surface area contributed by atoms with Gasteiger partial charge in [-0.3, -0.25) is 19.9 Å². The summed E-state index contributed by atoms with van der Waals surface area (Å²) in [6.45, 7) is 5.48. The Morgan fingerprint density at radius 3 is 2.56 bits per heavy atom. The van der Waals surface area contributed by atoms with Gasteiger partial charge in [0, 0.05) is 44.1 Å². The van der Waals surface area contributed by atoms with Gasteiger partial charge in [0.25, 0.3) is 5.56 Å². The van der Waals surface area contributed by atoms with Crippen molar-refractivity contribution < 1.29 is 0 Å². The van der Waals surface area contributed by atoms with Gasteiger partial charge in [0.1, 0.15) is 0 Å². The highest BCUT2D eigenvalue weighted by molar-refractivity contribution is 5.60. The standard InChI is InChI=1S/C21H29N5O/c1-25-8-10-26(11-9-25)13-17-15-4-2-3-5-18(15)22-19(17)12-16-20(14-6-7-14)23-24-21(16)27/h12,22-23H,2-11,13H2,1H3,(H,24,27). The molecule has 1 aliphatic heterocycles. The number of piperazine rings is 1. The maximum absolute atomic E-state index is 12.4. The van der Waals surface area contributed by atoms with Gasteiger partial charge in [-0.05, 0) is 68.3 Å². The highest BCUT2D eigenvalue weighted by Crippen LogP contribution is 2.29. The highest BCUT2D eigenvalue weighted by atomic mass is 16.1. The zero-order chi connectivity index (χ0) is 18.4. The van der Waals surface area contributed by atoms with Crippen LogP contribution >= 0.6 is 0 Å². The molecule has 0 spiro atoms. The molecular formula is C21H29N5O. The minimum atomic E-state index is -0.0116. The van der Waals surface area contributed by atoms with Crippen LogP contribution in [0.5, 0.6) is 0 Å². The van der Waals surface area contributed by atoms with Gasteiger partial charge in [-0.2, -0.15) is 0 Å². The van der Waals surface area contributed by atoms with E-state index in [2.05, 4.69) is 38.1 Å². The lowest BCUT2D eigenvalue weighted by Gasteiger charge is -2.32. The summed E-state index contributed by atoms with van der Waals surface area (Å²) in [5.74, 6) is 0. The smallest absolute Gasteiger partial charge is 0.271 e. The third-order valence-electron chi connectivity index (χ3n) is 6.38. The molecule has 0 unspecified atom stereocenters. The molecule has 27 heavy (non-hydrogen) atoms. The predicted octanol–water partition coefficient (Wildman–Crippen LogP) is 0.431. The predicted molar refractivity (Wildman–Crippen MR) is 107 cm³/mol. The normalized spacial score (nSPS) is 21.7. The number of aryl methyl sites for hydroxylation is 1. The fraction of sp³-hybridized carbons (Fsp3) is 0.571. The molecule has 2 aromatic heterocycles. The average molecular weight is 367 g/mol. The molecule has 144 valence electrons. The van der Waals surface area contributed by atoms with E-state index in [1.165, 1.54) is 35.2 Å². The van der Waals surface area contributed by atoms with Crippen LogP contribution < -0.4 is 16.1 Å². The Balaban J connectivity index is 1.58. The molecule has 2 aliphatic carbocycles. The molecule has 3 N–H and O–H groups in total. The van der Waals surface area contributed by atoms with Crippen LogP contribution in [-0.2, 0) is 19.4 Å². The van der Waals surface area contributed by atoms with Crippen LogP contribution in [0.15, 0.2) is 4.79 Å². The number of aromatic nitrogens is 3. The molecule has 0 radical (unpaired) electrons. The lowest BCUT2D eigenvalue weighted by atomic mass is 9.94. The van der Waals surface area contributed by atoms with Crippen LogP contribution in [0.2, 0.25) is 0 Å². The molecule has 6 nitrogen and oxygen atoms in total. The first-order valence-corrected chi connectivity index (χ1v) is 10.3. The maximum Gasteiger partial charge on any atom is 0.271 e. The summed E-state index contributed by atoms with van der Waals surface area (Å²) >= 11 is 0. The van der Waals surface area contributed by atoms with Crippen molar-refractivity contribution in [1.82, 2.24) is 25.0 Å². The summed E-state index contributed by atoms with van der Waals surface area (Å²) in [4.78, 5) is 21.0. The summed E-state index contributed by atoms with van der Waals surface area (Å²) in [6.07, 6.45) is 9.12. The molecule has 6 heteroatoms. The largest absolute Gasteiger partial charge is 0.358 e. The van der Waals surface area contributed by atoms with E-state index in [9.17, 15) is 4.79 Å². The Morgan fingerprint density at radius 2 is 1.78 bits per heavy atom. The van der Waals surface area contributed by atoms with Crippen molar-refractivity contribution in [2.45, 2.75) is 45.1 Å². The maximum atomic E-state index is 12.4. The van der Waals surface area contributed by atoms with E-state index in [1.54, 1.807) is 0 Å². The van der Waals surface area contributed by atoms with E-state index in [0.717, 1.165) is 74.7 Å². The van der Waals surface area contributed by atoms with Gasteiger partial charge in [0.05, 0.1) is 10.6 Å². The van der Waals surface area contributed by atoms with Crippen LogP contribution in [0.3, 0.4) is 0 Å². The number of aromatic amines is 3. The minimum Gasteiger partial charge on any atom is -0.358 e. The summed E-state index contributed by atoms with van der Waals surface area (Å²) < 4.78 is 0. The molecule has 0 bridgehead atoms. The van der Waals surface area contributed by atoms with E-state index in [-0.39, 0.29) is 5.56 Å². The first-order chi connectivity index (χ1) is 13.2. The topological polar surface area (TPSA) is 70.9 Å². The van der Waals surface area contributed by atoms with Gasteiger partial charge >= 0.3 is 0 Å². The Morgan fingerprint density at radius 1 is 1.00 bits per heavy atom. The van der Waals surface area contributed by atoms with Crippen molar-refractivity contribution in [2.75, 3.05) is 33.2 Å². The van der Waals surface area contributed by atoms with Crippen LogP contribution in [0.1, 0.15) is 48.2 Å². The molecule has 3 heterocycles. The summed E-state index contributed by atoms with van der Waals surface area (Å²) in [6, 6.07) is 0. The van der Waals surface area contributed by atoms with Gasteiger partial charge in [0.2, 0.25) is 0 Å². The number of hydrogen-bond donors (Lipinski definition) is 3. The number of H-pyrrole nitrogens is 3. The number of rotatable bonds is 3. The number of fused-ring (bicyclic) bond motifs is 1. The molecule has 3 aliphatic rings. The van der Waals surface area contributed by atoms with Crippen molar-refractivity contribution in [3.63, 3.8) is 0 Å². The molecular weight excluding hydrogens is 338 g/mol. The molecule has 1 saturated heterocycles. The SMILES string of the molecule is CN1CCN(Cc2c(C=c3c(=O)[nH][nH]c3=C3CC3)[nH]c3c2CCCC3)CC1. The zero-order valence-corrected chi connectivity index (χ0v) is 16.2. The lowest BCUT2D eigenvalue weighted by Crippen LogP contribution is -2.44. The lowest BCUT2D eigenvalue weighted by molar-refractivity contribution is 0.148. The Bertz CT molecular complexity index is 1010. The molecule has 1 saturated carbocycles. The van der Waals surface area contributed by atoms with Crippen LogP contribution in [0, 0.1) is 0 Å². The number of nitrogens with zero attached hydrogens (tertiary/aromatic N) is 2. The quantitative estimate of drug-likeness (QED) is 0.737. The Labute approximate surface area is 158 Å². The third kappa shape index (κ3) is 3.32. The van der Waals surface area contributed by atoms with Gasteiger partial charge in [-0.1, -0.05) is 0 Å².